The van der Waals surface area contributed by atoms with E-state index in [2.05, 4.69) is 18.1 Å². The Morgan fingerprint density at radius 2 is 1.97 bits per heavy atom. The Hall–Kier alpha value is -2.37. The van der Waals surface area contributed by atoms with E-state index in [9.17, 15) is 9.59 Å². The molecule has 2 saturated carbocycles. The average molecular weight is 399 g/mol. The van der Waals surface area contributed by atoms with Crippen LogP contribution in [-0.4, -0.2) is 30.9 Å². The van der Waals surface area contributed by atoms with Gasteiger partial charge in [-0.25, -0.2) is 0 Å². The number of benzene rings is 1. The number of aryl methyl sites for hydroxylation is 1. The fourth-order valence-electron chi connectivity index (χ4n) is 6.14. The van der Waals surface area contributed by atoms with Crippen molar-refractivity contribution in [3.05, 3.63) is 29.3 Å². The van der Waals surface area contributed by atoms with E-state index in [4.69, 9.17) is 14.3 Å². The monoisotopic (exact) mass is 399 g/mol. The lowest BCUT2D eigenvalue weighted by Crippen LogP contribution is -2.43. The Labute approximate surface area is 171 Å². The number of hydrogen-bond acceptors (Lipinski definition) is 6. The number of esters is 2. The summed E-state index contributed by atoms with van der Waals surface area (Å²) < 4.78 is 10.9. The van der Waals surface area contributed by atoms with Gasteiger partial charge in [0.2, 0.25) is 0 Å². The van der Waals surface area contributed by atoms with Crippen LogP contribution in [0.1, 0.15) is 63.5 Å². The highest BCUT2D eigenvalue weighted by atomic mass is 16.6. The van der Waals surface area contributed by atoms with Crippen LogP contribution in [0.15, 0.2) is 23.4 Å². The van der Waals surface area contributed by atoms with Gasteiger partial charge in [-0.15, -0.1) is 0 Å². The van der Waals surface area contributed by atoms with E-state index in [0.717, 1.165) is 37.8 Å². The Bertz CT molecular complexity index is 863. The van der Waals surface area contributed by atoms with Crippen LogP contribution in [0.25, 0.3) is 0 Å². The van der Waals surface area contributed by atoms with Gasteiger partial charge in [0.05, 0.1) is 0 Å². The van der Waals surface area contributed by atoms with Crippen molar-refractivity contribution < 1.29 is 23.9 Å². The number of rotatable bonds is 3. The number of carbonyl (C=O) groups excluding carboxylic acids is 2. The highest BCUT2D eigenvalue weighted by molar-refractivity contribution is 5.97. The molecule has 2 fully saturated rings. The van der Waals surface area contributed by atoms with Crippen molar-refractivity contribution in [2.45, 2.75) is 64.9 Å². The highest BCUT2D eigenvalue weighted by Crippen LogP contribution is 2.60. The molecule has 0 bridgehead atoms. The zero-order valence-corrected chi connectivity index (χ0v) is 17.6. The van der Waals surface area contributed by atoms with Crippen LogP contribution < -0.4 is 4.74 Å². The molecular formula is C23H29NO5. The summed E-state index contributed by atoms with van der Waals surface area (Å²) in [6.45, 7) is 5.14. The van der Waals surface area contributed by atoms with E-state index in [1.807, 2.05) is 12.1 Å². The van der Waals surface area contributed by atoms with E-state index in [0.29, 0.717) is 23.5 Å². The molecule has 6 heteroatoms. The SMILES string of the molecule is CO/N=C1/[C@@H](OC(C)=O)C[C@H]2[C@@H]3CCc4cc(OC(C)=O)ccc4[C@H]3CC[C@]12C. The fraction of sp³-hybridized carbons (Fsp3) is 0.609. The molecule has 1 aromatic carbocycles. The third kappa shape index (κ3) is 3.43. The van der Waals surface area contributed by atoms with Gasteiger partial charge in [-0.05, 0) is 73.1 Å². The molecule has 156 valence electrons. The molecule has 0 aliphatic heterocycles. The topological polar surface area (TPSA) is 74.2 Å². The van der Waals surface area contributed by atoms with Crippen LogP contribution in [0.4, 0.5) is 0 Å². The maximum Gasteiger partial charge on any atom is 0.308 e. The first-order valence-corrected chi connectivity index (χ1v) is 10.4. The van der Waals surface area contributed by atoms with Crippen molar-refractivity contribution in [3.8, 4) is 5.75 Å². The molecule has 3 aliphatic rings. The number of hydrogen-bond donors (Lipinski definition) is 0. The molecule has 0 spiro atoms. The van der Waals surface area contributed by atoms with Gasteiger partial charge in [-0.2, -0.15) is 0 Å². The molecular weight excluding hydrogens is 370 g/mol. The van der Waals surface area contributed by atoms with Crippen molar-refractivity contribution in [2.75, 3.05) is 7.11 Å². The van der Waals surface area contributed by atoms with Gasteiger partial charge < -0.3 is 14.3 Å². The first-order valence-electron chi connectivity index (χ1n) is 10.4. The number of nitrogens with zero attached hydrogens (tertiary/aromatic N) is 1. The van der Waals surface area contributed by atoms with E-state index in [1.54, 1.807) is 7.11 Å². The molecule has 0 aromatic heterocycles. The van der Waals surface area contributed by atoms with Gasteiger partial charge in [0.1, 0.15) is 24.7 Å². The van der Waals surface area contributed by atoms with E-state index in [1.165, 1.54) is 25.0 Å². The second-order valence-electron chi connectivity index (χ2n) is 8.82. The summed E-state index contributed by atoms with van der Waals surface area (Å²) in [7, 11) is 1.55. The summed E-state index contributed by atoms with van der Waals surface area (Å²) in [5, 5.41) is 4.33. The third-order valence-corrected chi connectivity index (χ3v) is 7.21. The first kappa shape index (κ1) is 19.9. The van der Waals surface area contributed by atoms with Gasteiger partial charge in [-0.3, -0.25) is 9.59 Å². The molecule has 1 aromatic rings. The standard InChI is InChI=1S/C23H29NO5/c1-13(25)28-16-6-8-17-15(11-16)5-7-19-18(17)9-10-23(3)20(19)12-21(29-14(2)26)22(23)24-27-4/h6,8,11,18-21H,5,7,9-10,12H2,1-4H3/b24-22-/t18-,19-,20+,21+,23+/m1/s1. The highest BCUT2D eigenvalue weighted by Gasteiger charge is 2.58. The van der Waals surface area contributed by atoms with Gasteiger partial charge in [0.15, 0.2) is 0 Å². The van der Waals surface area contributed by atoms with Crippen molar-refractivity contribution in [1.29, 1.82) is 0 Å². The summed E-state index contributed by atoms with van der Waals surface area (Å²) in [6.07, 6.45) is 4.60. The summed E-state index contributed by atoms with van der Waals surface area (Å²) in [5.41, 5.74) is 3.44. The van der Waals surface area contributed by atoms with Crippen molar-refractivity contribution in [1.82, 2.24) is 0 Å². The van der Waals surface area contributed by atoms with Crippen LogP contribution in [0, 0.1) is 17.3 Å². The average Bonchev–Trinajstić information content (AvgIpc) is 2.92. The predicted molar refractivity (Wildman–Crippen MR) is 108 cm³/mol. The Morgan fingerprint density at radius 1 is 1.17 bits per heavy atom. The molecule has 29 heavy (non-hydrogen) atoms. The largest absolute Gasteiger partial charge is 0.456 e. The van der Waals surface area contributed by atoms with E-state index >= 15 is 0 Å². The molecule has 5 atom stereocenters. The second kappa shape index (κ2) is 7.47. The summed E-state index contributed by atoms with van der Waals surface area (Å²) in [5.74, 6) is 1.46. The molecule has 0 unspecified atom stereocenters. The van der Waals surface area contributed by atoms with Crippen molar-refractivity contribution >= 4 is 17.7 Å². The van der Waals surface area contributed by atoms with Crippen LogP contribution in [0.5, 0.6) is 5.75 Å². The summed E-state index contributed by atoms with van der Waals surface area (Å²) in [4.78, 5) is 28.1. The minimum atomic E-state index is -0.297. The number of oxime groups is 1. The van der Waals surface area contributed by atoms with Gasteiger partial charge in [0, 0.05) is 19.3 Å². The van der Waals surface area contributed by atoms with Crippen molar-refractivity contribution in [2.24, 2.45) is 22.4 Å². The second-order valence-corrected chi connectivity index (χ2v) is 8.82. The molecule has 0 heterocycles. The molecule has 0 N–H and O–H groups in total. The maximum absolute atomic E-state index is 11.7. The van der Waals surface area contributed by atoms with Gasteiger partial charge >= 0.3 is 11.9 Å². The Morgan fingerprint density at radius 3 is 2.66 bits per heavy atom. The fourth-order valence-corrected chi connectivity index (χ4v) is 6.14. The smallest absolute Gasteiger partial charge is 0.308 e. The molecule has 0 radical (unpaired) electrons. The van der Waals surface area contributed by atoms with E-state index < -0.39 is 0 Å². The zero-order valence-electron chi connectivity index (χ0n) is 17.6. The molecule has 4 rings (SSSR count). The van der Waals surface area contributed by atoms with Crippen LogP contribution in [0.2, 0.25) is 0 Å². The lowest BCUT2D eigenvalue weighted by atomic mass is 9.55. The normalized spacial score (nSPS) is 34.0. The quantitative estimate of drug-likeness (QED) is 0.436. The maximum atomic E-state index is 11.7. The number of fused-ring (bicyclic) bond motifs is 5. The van der Waals surface area contributed by atoms with Gasteiger partial charge in [0.25, 0.3) is 0 Å². The van der Waals surface area contributed by atoms with Crippen LogP contribution >= 0.6 is 0 Å². The molecule has 0 amide bonds. The Balaban J connectivity index is 1.64. The minimum Gasteiger partial charge on any atom is -0.456 e. The van der Waals surface area contributed by atoms with Crippen molar-refractivity contribution in [3.63, 3.8) is 0 Å². The third-order valence-electron chi connectivity index (χ3n) is 7.21. The lowest BCUT2D eigenvalue weighted by Gasteiger charge is -2.48. The molecule has 0 saturated heterocycles. The zero-order chi connectivity index (χ0) is 20.8. The molecule has 3 aliphatic carbocycles. The molecule has 6 nitrogen and oxygen atoms in total. The van der Waals surface area contributed by atoms with Gasteiger partial charge in [-0.1, -0.05) is 18.1 Å². The summed E-state index contributed by atoms with van der Waals surface area (Å²) in [6, 6.07) is 6.06. The Kier molecular flexibility index (Phi) is 5.13. The number of ether oxygens (including phenoxy) is 2. The van der Waals surface area contributed by atoms with Crippen LogP contribution in [0.3, 0.4) is 0 Å². The van der Waals surface area contributed by atoms with E-state index in [-0.39, 0.29) is 23.5 Å². The lowest BCUT2D eigenvalue weighted by molar-refractivity contribution is -0.143. The predicted octanol–water partition coefficient (Wildman–Crippen LogP) is 4.01. The minimum absolute atomic E-state index is 0.105. The number of carbonyl (C=O) groups is 2. The van der Waals surface area contributed by atoms with Crippen LogP contribution in [-0.2, 0) is 25.6 Å². The summed E-state index contributed by atoms with van der Waals surface area (Å²) >= 11 is 0. The first-order chi connectivity index (χ1) is 13.8.